The third-order valence-electron chi connectivity index (χ3n) is 5.27. The van der Waals surface area contributed by atoms with E-state index in [1.807, 2.05) is 36.3 Å². The van der Waals surface area contributed by atoms with E-state index >= 15 is 0 Å². The largest absolute Gasteiger partial charge is 0.454 e. The molecule has 3 aromatic heterocycles. The van der Waals surface area contributed by atoms with E-state index < -0.39 is 0 Å². The zero-order valence-corrected chi connectivity index (χ0v) is 17.2. The Kier molecular flexibility index (Phi) is 4.91. The number of carbonyl (C=O) groups is 2. The number of amides is 2. The van der Waals surface area contributed by atoms with Crippen molar-refractivity contribution in [3.8, 4) is 0 Å². The molecule has 0 aliphatic carbocycles. The predicted octanol–water partition coefficient (Wildman–Crippen LogP) is 3.05. The van der Waals surface area contributed by atoms with E-state index in [9.17, 15) is 9.59 Å². The zero-order chi connectivity index (χ0) is 22.1. The van der Waals surface area contributed by atoms with E-state index in [1.165, 1.54) is 0 Å². The number of furan rings is 1. The van der Waals surface area contributed by atoms with Crippen LogP contribution in [0.2, 0.25) is 0 Å². The molecule has 9 nitrogen and oxygen atoms in total. The minimum absolute atomic E-state index is 0.169. The van der Waals surface area contributed by atoms with Crippen molar-refractivity contribution in [1.82, 2.24) is 20.1 Å². The summed E-state index contributed by atoms with van der Waals surface area (Å²) in [5, 5.41) is 9.94. The summed E-state index contributed by atoms with van der Waals surface area (Å²) in [6, 6.07) is 16.0. The SMILES string of the molecule is CN1c2ncccc2C(=O)N[C@H]1c1ccc(NC(=O)c2ccc(Cn3cccn3)o2)cc1. The van der Waals surface area contributed by atoms with Crippen LogP contribution in [0.4, 0.5) is 11.5 Å². The third-order valence-corrected chi connectivity index (χ3v) is 5.27. The second kappa shape index (κ2) is 8.03. The normalized spacial score (nSPS) is 15.2. The first kappa shape index (κ1) is 19.6. The number of benzene rings is 1. The van der Waals surface area contributed by atoms with Crippen LogP contribution in [-0.2, 0) is 6.54 Å². The molecule has 1 atom stereocenters. The van der Waals surface area contributed by atoms with Crippen LogP contribution < -0.4 is 15.5 Å². The number of rotatable bonds is 5. The summed E-state index contributed by atoms with van der Waals surface area (Å²) >= 11 is 0. The van der Waals surface area contributed by atoms with Crippen molar-refractivity contribution in [2.24, 2.45) is 0 Å². The number of nitrogens with zero attached hydrogens (tertiary/aromatic N) is 4. The number of hydrogen-bond acceptors (Lipinski definition) is 6. The molecule has 32 heavy (non-hydrogen) atoms. The van der Waals surface area contributed by atoms with Gasteiger partial charge in [0.1, 0.15) is 17.7 Å². The summed E-state index contributed by atoms with van der Waals surface area (Å²) in [7, 11) is 1.88. The molecule has 160 valence electrons. The van der Waals surface area contributed by atoms with Gasteiger partial charge in [0.15, 0.2) is 5.76 Å². The van der Waals surface area contributed by atoms with Crippen molar-refractivity contribution in [3.63, 3.8) is 0 Å². The first-order chi connectivity index (χ1) is 15.6. The number of anilines is 2. The van der Waals surface area contributed by atoms with E-state index in [0.29, 0.717) is 29.4 Å². The van der Waals surface area contributed by atoms with Gasteiger partial charge in [-0.05, 0) is 48.0 Å². The molecule has 0 radical (unpaired) electrons. The van der Waals surface area contributed by atoms with Gasteiger partial charge in [-0.25, -0.2) is 4.98 Å². The Morgan fingerprint density at radius 2 is 1.97 bits per heavy atom. The van der Waals surface area contributed by atoms with E-state index in [2.05, 4.69) is 20.7 Å². The van der Waals surface area contributed by atoms with Crippen LogP contribution in [0.15, 0.2) is 77.6 Å². The van der Waals surface area contributed by atoms with E-state index in [0.717, 1.165) is 5.56 Å². The highest BCUT2D eigenvalue weighted by molar-refractivity contribution is 6.02. The fourth-order valence-electron chi connectivity index (χ4n) is 3.66. The molecule has 1 aliphatic rings. The molecule has 0 fully saturated rings. The summed E-state index contributed by atoms with van der Waals surface area (Å²) in [6.07, 6.45) is 4.82. The molecule has 0 saturated carbocycles. The van der Waals surface area contributed by atoms with Crippen molar-refractivity contribution in [2.45, 2.75) is 12.7 Å². The lowest BCUT2D eigenvalue weighted by molar-refractivity contribution is 0.0926. The van der Waals surface area contributed by atoms with Gasteiger partial charge in [-0.15, -0.1) is 0 Å². The Morgan fingerprint density at radius 1 is 1.12 bits per heavy atom. The van der Waals surface area contributed by atoms with Crippen molar-refractivity contribution >= 4 is 23.3 Å². The monoisotopic (exact) mass is 428 g/mol. The highest BCUT2D eigenvalue weighted by Crippen LogP contribution is 2.30. The lowest BCUT2D eigenvalue weighted by Crippen LogP contribution is -2.45. The molecular formula is C23H20N6O3. The number of pyridine rings is 1. The summed E-state index contributed by atoms with van der Waals surface area (Å²) in [5.41, 5.74) is 2.03. The van der Waals surface area contributed by atoms with Gasteiger partial charge >= 0.3 is 0 Å². The third kappa shape index (κ3) is 3.71. The Bertz CT molecular complexity index is 1260. The Balaban J connectivity index is 1.27. The molecule has 0 spiro atoms. The quantitative estimate of drug-likeness (QED) is 0.506. The fourth-order valence-corrected chi connectivity index (χ4v) is 3.66. The molecule has 5 rings (SSSR count). The molecule has 1 aliphatic heterocycles. The molecule has 4 aromatic rings. The first-order valence-electron chi connectivity index (χ1n) is 10.0. The van der Waals surface area contributed by atoms with Crippen LogP contribution in [-0.4, -0.2) is 33.6 Å². The summed E-state index contributed by atoms with van der Waals surface area (Å²) < 4.78 is 7.35. The van der Waals surface area contributed by atoms with Crippen LogP contribution in [0.5, 0.6) is 0 Å². The minimum Gasteiger partial charge on any atom is -0.454 e. The van der Waals surface area contributed by atoms with Gasteiger partial charge in [-0.3, -0.25) is 14.3 Å². The fraction of sp³-hybridized carbons (Fsp3) is 0.130. The van der Waals surface area contributed by atoms with E-state index in [1.54, 1.807) is 53.5 Å². The molecule has 0 bridgehead atoms. The highest BCUT2D eigenvalue weighted by atomic mass is 16.4. The van der Waals surface area contributed by atoms with E-state index in [4.69, 9.17) is 4.42 Å². The molecule has 2 amide bonds. The smallest absolute Gasteiger partial charge is 0.291 e. The summed E-state index contributed by atoms with van der Waals surface area (Å²) in [5.74, 6) is 0.975. The zero-order valence-electron chi connectivity index (χ0n) is 17.2. The predicted molar refractivity (Wildman–Crippen MR) is 117 cm³/mol. The van der Waals surface area contributed by atoms with Gasteiger partial charge in [-0.1, -0.05) is 12.1 Å². The molecule has 0 saturated heterocycles. The van der Waals surface area contributed by atoms with Crippen molar-refractivity contribution in [2.75, 3.05) is 17.3 Å². The minimum atomic E-state index is -0.357. The maximum absolute atomic E-state index is 12.5. The van der Waals surface area contributed by atoms with Gasteiger partial charge < -0.3 is 20.0 Å². The lowest BCUT2D eigenvalue weighted by Gasteiger charge is -2.35. The molecule has 1 aromatic carbocycles. The average molecular weight is 428 g/mol. The number of fused-ring (bicyclic) bond motifs is 1. The maximum atomic E-state index is 12.5. The van der Waals surface area contributed by atoms with Gasteiger partial charge in [-0.2, -0.15) is 5.10 Å². The van der Waals surface area contributed by atoms with Crippen LogP contribution >= 0.6 is 0 Å². The van der Waals surface area contributed by atoms with Gasteiger partial charge in [0.25, 0.3) is 11.8 Å². The van der Waals surface area contributed by atoms with Crippen LogP contribution in [0.1, 0.15) is 38.4 Å². The molecule has 4 heterocycles. The Morgan fingerprint density at radius 3 is 2.75 bits per heavy atom. The van der Waals surface area contributed by atoms with Crippen LogP contribution in [0.25, 0.3) is 0 Å². The number of nitrogens with one attached hydrogen (secondary N) is 2. The van der Waals surface area contributed by atoms with Crippen molar-refractivity contribution < 1.29 is 14.0 Å². The second-order valence-electron chi connectivity index (χ2n) is 7.41. The van der Waals surface area contributed by atoms with Crippen LogP contribution in [0.3, 0.4) is 0 Å². The van der Waals surface area contributed by atoms with Crippen molar-refractivity contribution in [3.05, 3.63) is 95.8 Å². The van der Waals surface area contributed by atoms with Gasteiger partial charge in [0.2, 0.25) is 0 Å². The number of carbonyl (C=O) groups excluding carboxylic acids is 2. The topological polar surface area (TPSA) is 105 Å². The number of hydrogen-bond donors (Lipinski definition) is 2. The molecular weight excluding hydrogens is 408 g/mol. The Hall–Kier alpha value is -4.40. The molecule has 9 heteroatoms. The summed E-state index contributed by atoms with van der Waals surface area (Å²) in [4.78, 5) is 31.2. The first-order valence-corrected chi connectivity index (χ1v) is 10.0. The summed E-state index contributed by atoms with van der Waals surface area (Å²) in [6.45, 7) is 0.452. The average Bonchev–Trinajstić information content (AvgIpc) is 3.50. The standard InChI is InChI=1S/C23H20N6O3/c1-28-20(27-22(30)18-4-2-11-24-21(18)28)15-5-7-16(8-6-15)26-23(31)19-10-9-17(32-19)14-29-13-3-12-25-29/h2-13,20H,14H2,1H3,(H,26,31)(H,27,30)/t20-/m1/s1. The molecule has 0 unspecified atom stereocenters. The van der Waals surface area contributed by atoms with Gasteiger partial charge in [0.05, 0.1) is 12.1 Å². The highest BCUT2D eigenvalue weighted by Gasteiger charge is 2.30. The lowest BCUT2D eigenvalue weighted by atomic mass is 10.1. The molecule has 2 N–H and O–H groups in total. The number of aromatic nitrogens is 3. The van der Waals surface area contributed by atoms with Crippen molar-refractivity contribution in [1.29, 1.82) is 0 Å². The Labute approximate surface area is 183 Å². The maximum Gasteiger partial charge on any atom is 0.291 e. The van der Waals surface area contributed by atoms with E-state index in [-0.39, 0.29) is 23.7 Å². The van der Waals surface area contributed by atoms with Crippen LogP contribution in [0, 0.1) is 0 Å². The second-order valence-corrected chi connectivity index (χ2v) is 7.41. The van der Waals surface area contributed by atoms with Gasteiger partial charge in [0, 0.05) is 31.3 Å².